The van der Waals surface area contributed by atoms with E-state index in [-0.39, 0.29) is 45.1 Å². The smallest absolute Gasteiger partial charge is 0.347 e. The number of esters is 2. The van der Waals surface area contributed by atoms with Gasteiger partial charge >= 0.3 is 17.9 Å². The second-order valence-electron chi connectivity index (χ2n) is 11.9. The number of carbonyl (C=O) groups is 4. The van der Waals surface area contributed by atoms with Crippen LogP contribution in [0.25, 0.3) is 0 Å². The average Bonchev–Trinajstić information content (AvgIpc) is 3.07. The van der Waals surface area contributed by atoms with Crippen LogP contribution in [0, 0.1) is 20.8 Å². The van der Waals surface area contributed by atoms with Crippen molar-refractivity contribution in [1.29, 1.82) is 0 Å². The lowest BCUT2D eigenvalue weighted by atomic mass is 9.99. The van der Waals surface area contributed by atoms with E-state index in [0.29, 0.717) is 11.3 Å². The summed E-state index contributed by atoms with van der Waals surface area (Å²) in [5.74, 6) is -4.99. The highest BCUT2D eigenvalue weighted by Crippen LogP contribution is 2.36. The van der Waals surface area contributed by atoms with Gasteiger partial charge in [-0.05, 0) is 62.6 Å². The van der Waals surface area contributed by atoms with Crippen molar-refractivity contribution in [2.24, 2.45) is 0 Å². The fraction of sp³-hybridized carbons (Fsp3) is 0.371. The molecule has 3 aromatic rings. The molecule has 0 spiro atoms. The summed E-state index contributed by atoms with van der Waals surface area (Å²) in [4.78, 5) is 51.0. The molecule has 17 nitrogen and oxygen atoms in total. The summed E-state index contributed by atoms with van der Waals surface area (Å²) in [6, 6.07) is 6.42. The molecule has 6 atom stereocenters. The Hall–Kier alpha value is -5.46. The maximum Gasteiger partial charge on any atom is 0.347 e. The number of aliphatic hydroxyl groups is 4. The van der Waals surface area contributed by atoms with Gasteiger partial charge in [0.25, 0.3) is 5.91 Å². The molecule has 0 aliphatic carbocycles. The third-order valence-corrected chi connectivity index (χ3v) is 8.16. The van der Waals surface area contributed by atoms with E-state index in [1.807, 2.05) is 0 Å². The summed E-state index contributed by atoms with van der Waals surface area (Å²) in [5, 5.41) is 62.9. The number of aliphatic hydroxyl groups excluding tert-OH is 4. The maximum atomic E-state index is 13.7. The van der Waals surface area contributed by atoms with Gasteiger partial charge < -0.3 is 64.4 Å². The molecule has 1 aliphatic heterocycles. The first-order valence-corrected chi connectivity index (χ1v) is 15.7. The number of nitrogens with one attached hydrogen (secondary N) is 1. The molecule has 1 amide bonds. The fourth-order valence-corrected chi connectivity index (χ4v) is 5.43. The monoisotopic (exact) mass is 729 g/mol. The number of ether oxygens (including phenoxy) is 6. The van der Waals surface area contributed by atoms with Crippen molar-refractivity contribution in [2.75, 3.05) is 20.8 Å². The standard InChI is InChI=1S/C35H39NO16/c1-14-8-19(10-21(38)25(14)31(42)36-17(4)32(43)44)49-34(46)27-16(3)9-20(50-33(45)26-15(2)7-18(47-5)11-22(26)48-6)12-23(27)51-35-30(41)29(40)28(39)24(13-37)52-35/h7-12,17,24,28-30,35,37-41H,13H2,1-6H3,(H,36,42)(H,43,44)/t17-,24-,28-,29+,30-,35-/m1/s1. The van der Waals surface area contributed by atoms with Crippen molar-refractivity contribution in [2.45, 2.75) is 64.4 Å². The first kappa shape index (κ1) is 39.3. The third-order valence-electron chi connectivity index (χ3n) is 8.16. The molecule has 1 heterocycles. The zero-order valence-corrected chi connectivity index (χ0v) is 28.9. The Labute approximate surface area is 296 Å². The molecule has 0 bridgehead atoms. The number of carboxylic acids is 1. The molecule has 52 heavy (non-hydrogen) atoms. The van der Waals surface area contributed by atoms with Crippen LogP contribution < -0.4 is 29.0 Å². The van der Waals surface area contributed by atoms with Gasteiger partial charge in [0.1, 0.15) is 76.1 Å². The lowest BCUT2D eigenvalue weighted by Gasteiger charge is -2.39. The summed E-state index contributed by atoms with van der Waals surface area (Å²) in [6.07, 6.45) is -8.57. The molecular formula is C35H39NO16. The van der Waals surface area contributed by atoms with Crippen molar-refractivity contribution < 1.29 is 78.2 Å². The van der Waals surface area contributed by atoms with Gasteiger partial charge in [0.15, 0.2) is 0 Å². The molecule has 1 fully saturated rings. The number of carboxylic acid groups (broad SMARTS) is 1. The van der Waals surface area contributed by atoms with Gasteiger partial charge in [0.05, 0.1) is 26.4 Å². The van der Waals surface area contributed by atoms with Gasteiger partial charge in [-0.3, -0.25) is 9.59 Å². The van der Waals surface area contributed by atoms with E-state index in [1.165, 1.54) is 53.2 Å². The van der Waals surface area contributed by atoms with E-state index < -0.39 is 78.7 Å². The number of phenolic OH excluding ortho intramolecular Hbond substituents is 1. The van der Waals surface area contributed by atoms with Crippen LogP contribution in [0.1, 0.15) is 54.7 Å². The highest BCUT2D eigenvalue weighted by molar-refractivity contribution is 6.01. The largest absolute Gasteiger partial charge is 0.507 e. The topological polar surface area (TPSA) is 257 Å². The van der Waals surface area contributed by atoms with Crippen LogP contribution in [0.5, 0.6) is 34.5 Å². The second-order valence-corrected chi connectivity index (χ2v) is 11.9. The van der Waals surface area contributed by atoms with Gasteiger partial charge in [0.2, 0.25) is 6.29 Å². The Morgan fingerprint density at radius 3 is 1.79 bits per heavy atom. The van der Waals surface area contributed by atoms with Crippen LogP contribution in [-0.2, 0) is 9.53 Å². The van der Waals surface area contributed by atoms with Gasteiger partial charge in [-0.1, -0.05) is 0 Å². The molecule has 0 saturated carbocycles. The molecule has 280 valence electrons. The normalized spacial score (nSPS) is 20.3. The minimum absolute atomic E-state index is 0.0607. The second kappa shape index (κ2) is 16.3. The predicted octanol–water partition coefficient (Wildman–Crippen LogP) is 1.15. The molecule has 3 aromatic carbocycles. The van der Waals surface area contributed by atoms with Crippen molar-refractivity contribution in [3.63, 3.8) is 0 Å². The fourth-order valence-electron chi connectivity index (χ4n) is 5.43. The zero-order chi connectivity index (χ0) is 38.6. The highest BCUT2D eigenvalue weighted by atomic mass is 16.7. The number of benzene rings is 3. The molecule has 0 aromatic heterocycles. The molecule has 4 rings (SSSR count). The van der Waals surface area contributed by atoms with Gasteiger partial charge in [-0.15, -0.1) is 0 Å². The summed E-state index contributed by atoms with van der Waals surface area (Å²) in [6.45, 7) is 4.95. The van der Waals surface area contributed by atoms with Gasteiger partial charge in [-0.2, -0.15) is 0 Å². The number of aryl methyl sites for hydroxylation is 3. The Balaban J connectivity index is 1.73. The lowest BCUT2D eigenvalue weighted by Crippen LogP contribution is -2.60. The van der Waals surface area contributed by atoms with Crippen LogP contribution in [0.3, 0.4) is 0 Å². The summed E-state index contributed by atoms with van der Waals surface area (Å²) in [5.41, 5.74) is 0.182. The Morgan fingerprint density at radius 1 is 0.750 bits per heavy atom. The molecular weight excluding hydrogens is 690 g/mol. The van der Waals surface area contributed by atoms with E-state index in [1.54, 1.807) is 13.0 Å². The molecule has 17 heteroatoms. The van der Waals surface area contributed by atoms with E-state index >= 15 is 0 Å². The van der Waals surface area contributed by atoms with E-state index in [0.717, 1.165) is 12.1 Å². The summed E-state index contributed by atoms with van der Waals surface area (Å²) < 4.78 is 33.1. The number of methoxy groups -OCH3 is 2. The highest BCUT2D eigenvalue weighted by Gasteiger charge is 2.45. The zero-order valence-electron chi connectivity index (χ0n) is 28.9. The molecule has 0 radical (unpaired) electrons. The number of rotatable bonds is 12. The summed E-state index contributed by atoms with van der Waals surface area (Å²) in [7, 11) is 2.80. The van der Waals surface area contributed by atoms with Crippen LogP contribution in [-0.4, -0.2) is 112 Å². The Morgan fingerprint density at radius 2 is 1.27 bits per heavy atom. The predicted molar refractivity (Wildman–Crippen MR) is 177 cm³/mol. The number of carbonyl (C=O) groups excluding carboxylic acids is 3. The molecule has 0 unspecified atom stereocenters. The van der Waals surface area contributed by atoms with Gasteiger partial charge in [-0.25, -0.2) is 9.59 Å². The SMILES string of the molecule is COc1cc(C)c(C(=O)Oc2cc(C)c(C(=O)Oc3cc(C)c(C(=O)N[C@H](C)C(=O)O)c(O)c3)c(O[C@@H]3O[C@H](CO)[C@@H](O)[C@H](O)[C@H]3O)c2)c(OC)c1. The minimum Gasteiger partial charge on any atom is -0.507 e. The van der Waals surface area contributed by atoms with Crippen molar-refractivity contribution in [1.82, 2.24) is 5.32 Å². The van der Waals surface area contributed by atoms with E-state index in [4.69, 9.17) is 33.5 Å². The average molecular weight is 730 g/mol. The van der Waals surface area contributed by atoms with E-state index in [9.17, 15) is 44.7 Å². The van der Waals surface area contributed by atoms with Crippen LogP contribution in [0.2, 0.25) is 0 Å². The Bertz CT molecular complexity index is 1830. The summed E-state index contributed by atoms with van der Waals surface area (Å²) >= 11 is 0. The maximum absolute atomic E-state index is 13.7. The molecule has 7 N–H and O–H groups in total. The Kier molecular flexibility index (Phi) is 12.3. The molecule has 1 aliphatic rings. The first-order valence-electron chi connectivity index (χ1n) is 15.7. The van der Waals surface area contributed by atoms with Crippen molar-refractivity contribution in [3.8, 4) is 34.5 Å². The van der Waals surface area contributed by atoms with Crippen LogP contribution in [0.15, 0.2) is 36.4 Å². The third kappa shape index (κ3) is 8.35. The quantitative estimate of drug-likeness (QED) is 0.102. The number of phenols is 1. The lowest BCUT2D eigenvalue weighted by molar-refractivity contribution is -0.277. The van der Waals surface area contributed by atoms with Crippen LogP contribution >= 0.6 is 0 Å². The number of amides is 1. The molecule has 1 saturated heterocycles. The van der Waals surface area contributed by atoms with Crippen LogP contribution in [0.4, 0.5) is 0 Å². The number of aromatic hydroxyl groups is 1. The van der Waals surface area contributed by atoms with E-state index in [2.05, 4.69) is 5.32 Å². The van der Waals surface area contributed by atoms with Gasteiger partial charge in [0, 0.05) is 18.2 Å². The number of hydrogen-bond acceptors (Lipinski definition) is 15. The minimum atomic E-state index is -1.89. The number of hydrogen-bond donors (Lipinski definition) is 7. The van der Waals surface area contributed by atoms with Crippen molar-refractivity contribution >= 4 is 23.8 Å². The first-order chi connectivity index (χ1) is 24.5. The number of aliphatic carboxylic acids is 1. The van der Waals surface area contributed by atoms with Crippen molar-refractivity contribution in [3.05, 3.63) is 69.8 Å².